The van der Waals surface area contributed by atoms with Crippen molar-refractivity contribution in [2.24, 2.45) is 5.92 Å². The summed E-state index contributed by atoms with van der Waals surface area (Å²) in [6.07, 6.45) is 1.71. The average Bonchev–Trinajstić information content (AvgIpc) is 2.84. The lowest BCUT2D eigenvalue weighted by Gasteiger charge is -2.28. The van der Waals surface area contributed by atoms with Crippen molar-refractivity contribution in [1.82, 2.24) is 10.2 Å². The highest BCUT2D eigenvalue weighted by molar-refractivity contribution is 5.83. The van der Waals surface area contributed by atoms with Gasteiger partial charge in [-0.25, -0.2) is 0 Å². The Kier molecular flexibility index (Phi) is 6.28. The number of rotatable bonds is 6. The molecule has 0 spiro atoms. The van der Waals surface area contributed by atoms with Gasteiger partial charge in [0, 0.05) is 6.54 Å². The quantitative estimate of drug-likeness (QED) is 0.736. The van der Waals surface area contributed by atoms with Crippen LogP contribution in [0.2, 0.25) is 0 Å². The Morgan fingerprint density at radius 1 is 1.37 bits per heavy atom. The number of hydrogen-bond donors (Lipinski definition) is 1. The summed E-state index contributed by atoms with van der Waals surface area (Å²) < 4.78 is 5.07. The van der Waals surface area contributed by atoms with Crippen molar-refractivity contribution in [1.29, 1.82) is 0 Å². The van der Waals surface area contributed by atoms with Gasteiger partial charge in [-0.05, 0) is 39.2 Å². The van der Waals surface area contributed by atoms with Gasteiger partial charge in [0.25, 0.3) is 0 Å². The maximum atomic E-state index is 12.1. The van der Waals surface area contributed by atoms with E-state index in [0.29, 0.717) is 19.1 Å². The van der Waals surface area contributed by atoms with Gasteiger partial charge in [-0.15, -0.1) is 0 Å². The molecule has 0 saturated carbocycles. The molecule has 1 heterocycles. The second-order valence-electron chi connectivity index (χ2n) is 5.46. The molecular formula is C14H26N2O3. The molecule has 1 fully saturated rings. The van der Waals surface area contributed by atoms with E-state index in [1.54, 1.807) is 6.92 Å². The first kappa shape index (κ1) is 16.0. The van der Waals surface area contributed by atoms with Crippen LogP contribution in [0.4, 0.5) is 0 Å². The minimum Gasteiger partial charge on any atom is -0.465 e. The van der Waals surface area contributed by atoms with E-state index >= 15 is 0 Å². The summed E-state index contributed by atoms with van der Waals surface area (Å²) >= 11 is 0. The molecule has 1 rings (SSSR count). The van der Waals surface area contributed by atoms with Gasteiger partial charge < -0.3 is 10.1 Å². The van der Waals surface area contributed by atoms with Crippen molar-refractivity contribution in [3.8, 4) is 0 Å². The molecule has 1 aliphatic rings. The van der Waals surface area contributed by atoms with Gasteiger partial charge >= 0.3 is 5.97 Å². The van der Waals surface area contributed by atoms with E-state index in [-0.39, 0.29) is 24.0 Å². The van der Waals surface area contributed by atoms with Crippen LogP contribution in [0.15, 0.2) is 0 Å². The fraction of sp³-hybridized carbons (Fsp3) is 0.857. The maximum Gasteiger partial charge on any atom is 0.323 e. The molecule has 1 N–H and O–H groups in total. The van der Waals surface area contributed by atoms with Crippen LogP contribution < -0.4 is 5.32 Å². The third kappa shape index (κ3) is 4.49. The molecule has 0 aromatic rings. The molecule has 2 unspecified atom stereocenters. The normalized spacial score (nSPS) is 21.4. The van der Waals surface area contributed by atoms with Gasteiger partial charge in [-0.3, -0.25) is 14.5 Å². The van der Waals surface area contributed by atoms with E-state index in [1.807, 2.05) is 11.8 Å². The number of carbonyl (C=O) groups is 2. The first-order chi connectivity index (χ1) is 8.97. The number of hydrogen-bond acceptors (Lipinski definition) is 4. The lowest BCUT2D eigenvalue weighted by molar-refractivity contribution is -0.149. The molecule has 5 nitrogen and oxygen atoms in total. The summed E-state index contributed by atoms with van der Waals surface area (Å²) in [6.45, 7) is 9.60. The zero-order chi connectivity index (χ0) is 14.4. The van der Waals surface area contributed by atoms with Crippen LogP contribution in [0.3, 0.4) is 0 Å². The lowest BCUT2D eigenvalue weighted by Crippen LogP contribution is -2.50. The van der Waals surface area contributed by atoms with Crippen LogP contribution in [0.25, 0.3) is 0 Å². The topological polar surface area (TPSA) is 58.6 Å². The van der Waals surface area contributed by atoms with Crippen LogP contribution in [0, 0.1) is 5.92 Å². The van der Waals surface area contributed by atoms with Gasteiger partial charge in [0.2, 0.25) is 5.91 Å². The largest absolute Gasteiger partial charge is 0.465 e. The number of esters is 1. The fourth-order valence-corrected chi connectivity index (χ4v) is 2.35. The van der Waals surface area contributed by atoms with Gasteiger partial charge in [0.05, 0.1) is 12.6 Å². The van der Waals surface area contributed by atoms with E-state index in [0.717, 1.165) is 19.4 Å². The third-order valence-corrected chi connectivity index (χ3v) is 3.41. The van der Waals surface area contributed by atoms with Crippen LogP contribution in [0.1, 0.15) is 40.5 Å². The third-order valence-electron chi connectivity index (χ3n) is 3.41. The van der Waals surface area contributed by atoms with Gasteiger partial charge in [0.1, 0.15) is 6.04 Å². The first-order valence-electron chi connectivity index (χ1n) is 7.17. The van der Waals surface area contributed by atoms with Crippen molar-refractivity contribution in [3.63, 3.8) is 0 Å². The van der Waals surface area contributed by atoms with Crippen LogP contribution in [-0.4, -0.2) is 48.6 Å². The molecule has 1 saturated heterocycles. The van der Waals surface area contributed by atoms with Gasteiger partial charge in [-0.2, -0.15) is 0 Å². The SMILES string of the molecule is CCOC(=O)C1CCCN1C(C)C(=O)NCC(C)C. The van der Waals surface area contributed by atoms with Gasteiger partial charge in [0.15, 0.2) is 0 Å². The second kappa shape index (κ2) is 7.48. The summed E-state index contributed by atoms with van der Waals surface area (Å²) in [5.74, 6) is 0.212. The summed E-state index contributed by atoms with van der Waals surface area (Å²) in [6, 6.07) is -0.546. The molecule has 2 atom stereocenters. The Hall–Kier alpha value is -1.10. The highest BCUT2D eigenvalue weighted by Crippen LogP contribution is 2.21. The van der Waals surface area contributed by atoms with Crippen LogP contribution in [0.5, 0.6) is 0 Å². The first-order valence-corrected chi connectivity index (χ1v) is 7.17. The van der Waals surface area contributed by atoms with Gasteiger partial charge in [-0.1, -0.05) is 13.8 Å². The summed E-state index contributed by atoms with van der Waals surface area (Å²) in [4.78, 5) is 25.9. The molecule has 0 radical (unpaired) electrons. The zero-order valence-corrected chi connectivity index (χ0v) is 12.4. The van der Waals surface area contributed by atoms with Crippen molar-refractivity contribution in [3.05, 3.63) is 0 Å². The van der Waals surface area contributed by atoms with E-state index in [4.69, 9.17) is 4.74 Å². The minimum absolute atomic E-state index is 0.00935. The number of likely N-dealkylation sites (tertiary alicyclic amines) is 1. The monoisotopic (exact) mass is 270 g/mol. The zero-order valence-electron chi connectivity index (χ0n) is 12.4. The Labute approximate surface area is 115 Å². The Balaban J connectivity index is 2.56. The second-order valence-corrected chi connectivity index (χ2v) is 5.46. The van der Waals surface area contributed by atoms with E-state index in [1.165, 1.54) is 0 Å². The highest BCUT2D eigenvalue weighted by atomic mass is 16.5. The van der Waals surface area contributed by atoms with Crippen molar-refractivity contribution in [2.45, 2.75) is 52.6 Å². The molecule has 0 aliphatic carbocycles. The fourth-order valence-electron chi connectivity index (χ4n) is 2.35. The van der Waals surface area contributed by atoms with Crippen molar-refractivity contribution >= 4 is 11.9 Å². The molecule has 0 aromatic heterocycles. The average molecular weight is 270 g/mol. The van der Waals surface area contributed by atoms with E-state index in [2.05, 4.69) is 19.2 Å². The van der Waals surface area contributed by atoms with Crippen LogP contribution >= 0.6 is 0 Å². The molecule has 1 aliphatic heterocycles. The number of ether oxygens (including phenoxy) is 1. The van der Waals surface area contributed by atoms with Crippen LogP contribution in [-0.2, 0) is 14.3 Å². The summed E-state index contributed by atoms with van der Waals surface area (Å²) in [5.41, 5.74) is 0. The molecular weight excluding hydrogens is 244 g/mol. The number of amides is 1. The predicted octanol–water partition coefficient (Wildman–Crippen LogP) is 1.17. The molecule has 0 aromatic carbocycles. The minimum atomic E-state index is -0.282. The standard InChI is InChI=1S/C14H26N2O3/c1-5-19-14(18)12-7-6-8-16(12)11(4)13(17)15-9-10(2)3/h10-12H,5-9H2,1-4H3,(H,15,17). The summed E-state index contributed by atoms with van der Waals surface area (Å²) in [5, 5.41) is 2.92. The molecule has 1 amide bonds. The molecule has 0 bridgehead atoms. The Morgan fingerprint density at radius 2 is 2.05 bits per heavy atom. The predicted molar refractivity (Wildman–Crippen MR) is 73.7 cm³/mol. The smallest absolute Gasteiger partial charge is 0.323 e. The lowest BCUT2D eigenvalue weighted by atomic mass is 10.1. The Bertz CT molecular complexity index is 318. The summed E-state index contributed by atoms with van der Waals surface area (Å²) in [7, 11) is 0. The molecule has 110 valence electrons. The number of nitrogens with zero attached hydrogens (tertiary/aromatic N) is 1. The highest BCUT2D eigenvalue weighted by Gasteiger charge is 2.37. The van der Waals surface area contributed by atoms with E-state index in [9.17, 15) is 9.59 Å². The van der Waals surface area contributed by atoms with Crippen molar-refractivity contribution in [2.75, 3.05) is 19.7 Å². The Morgan fingerprint density at radius 3 is 2.63 bits per heavy atom. The molecule has 19 heavy (non-hydrogen) atoms. The van der Waals surface area contributed by atoms with E-state index < -0.39 is 0 Å². The van der Waals surface area contributed by atoms with Crippen molar-refractivity contribution < 1.29 is 14.3 Å². The number of carbonyl (C=O) groups excluding carboxylic acids is 2. The molecule has 5 heteroatoms. The number of nitrogens with one attached hydrogen (secondary N) is 1. The maximum absolute atomic E-state index is 12.1.